The van der Waals surface area contributed by atoms with Crippen molar-refractivity contribution < 1.29 is 9.67 Å². The molecule has 1 rings (SSSR count). The van der Waals surface area contributed by atoms with Gasteiger partial charge in [-0.05, 0) is 6.07 Å². The van der Waals surface area contributed by atoms with Gasteiger partial charge >= 0.3 is 0 Å². The molecular formula is C11H18NO+. The maximum atomic E-state index is 8.78. The number of hydrogen-bond donors (Lipinski definition) is 1. The summed E-state index contributed by atoms with van der Waals surface area (Å²) >= 11 is 0. The number of unbranched alkanes of at least 4 members (excludes halogenated alkanes) is 1. The molecule has 2 nitrogen and oxygen atoms in total. The second-order valence-corrected chi connectivity index (χ2v) is 3.28. The van der Waals surface area contributed by atoms with E-state index in [-0.39, 0.29) is 6.61 Å². The van der Waals surface area contributed by atoms with E-state index in [1.54, 1.807) is 0 Å². The molecule has 0 aromatic carbocycles. The molecule has 0 aliphatic rings. The van der Waals surface area contributed by atoms with Gasteiger partial charge in [0.25, 0.3) is 0 Å². The fourth-order valence-corrected chi connectivity index (χ4v) is 1.33. The third kappa shape index (κ3) is 3.55. The molecule has 2 heteroatoms. The number of aromatic nitrogens is 1. The molecule has 1 aromatic heterocycles. The van der Waals surface area contributed by atoms with Gasteiger partial charge < -0.3 is 5.11 Å². The highest BCUT2D eigenvalue weighted by molar-refractivity contribution is 5.05. The van der Waals surface area contributed by atoms with Crippen molar-refractivity contribution in [1.82, 2.24) is 0 Å². The number of nitrogens with zero attached hydrogens (tertiary/aromatic N) is 1. The quantitative estimate of drug-likeness (QED) is 0.679. The maximum Gasteiger partial charge on any atom is 0.172 e. The van der Waals surface area contributed by atoms with Gasteiger partial charge in [-0.2, -0.15) is 0 Å². The van der Waals surface area contributed by atoms with Crippen LogP contribution in [-0.4, -0.2) is 11.7 Å². The van der Waals surface area contributed by atoms with Crippen LogP contribution >= 0.6 is 0 Å². The first-order valence-corrected chi connectivity index (χ1v) is 4.95. The number of rotatable bonds is 5. The summed E-state index contributed by atoms with van der Waals surface area (Å²) in [6.07, 6.45) is 7.39. The van der Waals surface area contributed by atoms with Crippen LogP contribution in [0.3, 0.4) is 0 Å². The SMILES string of the molecule is CCCC[n+]1cccc(CCO)c1. The van der Waals surface area contributed by atoms with Crippen LogP contribution in [0.25, 0.3) is 0 Å². The fraction of sp³-hybridized carbons (Fsp3) is 0.545. The third-order valence-corrected chi connectivity index (χ3v) is 2.09. The molecule has 1 aromatic rings. The highest BCUT2D eigenvalue weighted by Crippen LogP contribution is 1.95. The van der Waals surface area contributed by atoms with Gasteiger partial charge in [0, 0.05) is 31.1 Å². The van der Waals surface area contributed by atoms with Crippen LogP contribution in [0.5, 0.6) is 0 Å². The Labute approximate surface area is 79.8 Å². The fourth-order valence-electron chi connectivity index (χ4n) is 1.33. The zero-order chi connectivity index (χ0) is 9.52. The van der Waals surface area contributed by atoms with Crippen molar-refractivity contribution in [2.75, 3.05) is 6.61 Å². The molecular weight excluding hydrogens is 162 g/mol. The van der Waals surface area contributed by atoms with Crippen molar-refractivity contribution in [1.29, 1.82) is 0 Å². The van der Waals surface area contributed by atoms with Gasteiger partial charge in [-0.1, -0.05) is 13.3 Å². The lowest BCUT2D eigenvalue weighted by molar-refractivity contribution is -0.697. The van der Waals surface area contributed by atoms with Gasteiger partial charge in [-0.25, -0.2) is 4.57 Å². The zero-order valence-electron chi connectivity index (χ0n) is 8.24. The zero-order valence-corrected chi connectivity index (χ0v) is 8.24. The average molecular weight is 180 g/mol. The number of aliphatic hydroxyl groups excluding tert-OH is 1. The second-order valence-electron chi connectivity index (χ2n) is 3.28. The number of hydrogen-bond acceptors (Lipinski definition) is 1. The summed E-state index contributed by atoms with van der Waals surface area (Å²) in [4.78, 5) is 0. The van der Waals surface area contributed by atoms with Crippen LogP contribution in [0.2, 0.25) is 0 Å². The van der Waals surface area contributed by atoms with Crippen molar-refractivity contribution in [2.24, 2.45) is 0 Å². The Morgan fingerprint density at radius 3 is 3.00 bits per heavy atom. The molecule has 72 valence electrons. The van der Waals surface area contributed by atoms with Gasteiger partial charge in [-0.15, -0.1) is 0 Å². The molecule has 0 bridgehead atoms. The highest BCUT2D eigenvalue weighted by Gasteiger charge is 2.00. The number of aryl methyl sites for hydroxylation is 1. The lowest BCUT2D eigenvalue weighted by Gasteiger charge is -1.98. The molecule has 0 aliphatic carbocycles. The van der Waals surface area contributed by atoms with Crippen LogP contribution in [0.4, 0.5) is 0 Å². The molecule has 0 unspecified atom stereocenters. The van der Waals surface area contributed by atoms with Gasteiger partial charge in [0.15, 0.2) is 12.4 Å². The summed E-state index contributed by atoms with van der Waals surface area (Å²) < 4.78 is 2.19. The molecule has 0 spiro atoms. The van der Waals surface area contributed by atoms with E-state index in [0.29, 0.717) is 0 Å². The largest absolute Gasteiger partial charge is 0.396 e. The van der Waals surface area contributed by atoms with E-state index in [2.05, 4.69) is 30.0 Å². The number of pyridine rings is 1. The predicted molar refractivity (Wildman–Crippen MR) is 52.3 cm³/mol. The topological polar surface area (TPSA) is 24.1 Å². The first kappa shape index (κ1) is 10.2. The van der Waals surface area contributed by atoms with Crippen LogP contribution in [-0.2, 0) is 13.0 Å². The first-order valence-electron chi connectivity index (χ1n) is 4.95. The second kappa shape index (κ2) is 5.70. The van der Waals surface area contributed by atoms with Crippen LogP contribution in [0.15, 0.2) is 24.5 Å². The minimum Gasteiger partial charge on any atom is -0.396 e. The van der Waals surface area contributed by atoms with E-state index in [0.717, 1.165) is 13.0 Å². The Kier molecular flexibility index (Phi) is 4.47. The van der Waals surface area contributed by atoms with Crippen LogP contribution in [0.1, 0.15) is 25.3 Å². The van der Waals surface area contributed by atoms with Crippen molar-refractivity contribution in [3.63, 3.8) is 0 Å². The predicted octanol–water partition coefficient (Wildman–Crippen LogP) is 1.31. The molecule has 0 radical (unpaired) electrons. The van der Waals surface area contributed by atoms with E-state index in [1.807, 2.05) is 6.07 Å². The van der Waals surface area contributed by atoms with E-state index >= 15 is 0 Å². The van der Waals surface area contributed by atoms with E-state index < -0.39 is 0 Å². The molecule has 1 N–H and O–H groups in total. The van der Waals surface area contributed by atoms with Crippen LogP contribution in [0, 0.1) is 0 Å². The van der Waals surface area contributed by atoms with Gasteiger partial charge in [0.1, 0.15) is 6.54 Å². The molecule has 13 heavy (non-hydrogen) atoms. The molecule has 1 heterocycles. The molecule has 0 atom stereocenters. The van der Waals surface area contributed by atoms with Crippen molar-refractivity contribution >= 4 is 0 Å². The third-order valence-electron chi connectivity index (χ3n) is 2.09. The summed E-state index contributed by atoms with van der Waals surface area (Å²) in [5.41, 5.74) is 1.21. The van der Waals surface area contributed by atoms with Crippen molar-refractivity contribution in [2.45, 2.75) is 32.7 Å². The van der Waals surface area contributed by atoms with E-state index in [9.17, 15) is 0 Å². The van der Waals surface area contributed by atoms with Crippen molar-refractivity contribution in [3.05, 3.63) is 30.1 Å². The van der Waals surface area contributed by atoms with E-state index in [4.69, 9.17) is 5.11 Å². The van der Waals surface area contributed by atoms with Gasteiger partial charge in [-0.3, -0.25) is 0 Å². The molecule has 0 saturated heterocycles. The summed E-state index contributed by atoms with van der Waals surface area (Å²) in [5, 5.41) is 8.78. The molecule has 0 amide bonds. The minimum atomic E-state index is 0.234. The molecule has 0 aliphatic heterocycles. The normalized spacial score (nSPS) is 10.3. The van der Waals surface area contributed by atoms with Gasteiger partial charge in [0.2, 0.25) is 0 Å². The highest BCUT2D eigenvalue weighted by atomic mass is 16.2. The lowest BCUT2D eigenvalue weighted by Crippen LogP contribution is -2.33. The van der Waals surface area contributed by atoms with Gasteiger partial charge in [0.05, 0.1) is 0 Å². The van der Waals surface area contributed by atoms with Crippen LogP contribution < -0.4 is 4.57 Å². The Balaban J connectivity index is 2.56. The Morgan fingerprint density at radius 1 is 1.46 bits per heavy atom. The smallest absolute Gasteiger partial charge is 0.172 e. The number of aliphatic hydroxyl groups is 1. The van der Waals surface area contributed by atoms with Crippen molar-refractivity contribution in [3.8, 4) is 0 Å². The molecule has 0 saturated carbocycles. The van der Waals surface area contributed by atoms with E-state index in [1.165, 1.54) is 18.4 Å². The Bertz CT molecular complexity index is 248. The maximum absolute atomic E-state index is 8.78. The lowest BCUT2D eigenvalue weighted by atomic mass is 10.2. The Morgan fingerprint density at radius 2 is 2.31 bits per heavy atom. The minimum absolute atomic E-state index is 0.234. The Hall–Kier alpha value is -0.890. The molecule has 0 fully saturated rings. The summed E-state index contributed by atoms with van der Waals surface area (Å²) in [7, 11) is 0. The summed E-state index contributed by atoms with van der Waals surface area (Å²) in [6, 6.07) is 4.10. The monoisotopic (exact) mass is 180 g/mol. The average Bonchev–Trinajstić information content (AvgIpc) is 2.16. The summed E-state index contributed by atoms with van der Waals surface area (Å²) in [5.74, 6) is 0. The first-order chi connectivity index (χ1) is 6.36. The standard InChI is InChI=1S/C11H18NO/c1-2-3-7-12-8-4-5-11(10-12)6-9-13/h4-5,8,10,13H,2-3,6-7,9H2,1H3/q+1. The summed E-state index contributed by atoms with van der Waals surface area (Å²) in [6.45, 7) is 3.51.